The molecule has 0 fully saturated rings. The van der Waals surface area contributed by atoms with E-state index in [1.54, 1.807) is 4.57 Å². The third-order valence-corrected chi connectivity index (χ3v) is 3.97. The summed E-state index contributed by atoms with van der Waals surface area (Å²) in [4.78, 5) is 11.8. The first kappa shape index (κ1) is 12.8. The Morgan fingerprint density at radius 1 is 1.28 bits per heavy atom. The molecule has 0 atom stereocenters. The lowest BCUT2D eigenvalue weighted by Gasteiger charge is -2.16. The van der Waals surface area contributed by atoms with Crippen molar-refractivity contribution in [1.29, 1.82) is 0 Å². The lowest BCUT2D eigenvalue weighted by molar-refractivity contribution is 0.379. The summed E-state index contributed by atoms with van der Waals surface area (Å²) in [7, 11) is -1.41. The number of aryl methyl sites for hydroxylation is 1. The summed E-state index contributed by atoms with van der Waals surface area (Å²) in [5.41, 5.74) is 2.05. The molecule has 0 radical (unpaired) electrons. The Morgan fingerprint density at radius 2 is 1.94 bits per heavy atom. The highest BCUT2D eigenvalue weighted by Gasteiger charge is 2.21. The van der Waals surface area contributed by atoms with Gasteiger partial charge in [0.25, 0.3) is 0 Å². The molecule has 18 heavy (non-hydrogen) atoms. The minimum absolute atomic E-state index is 0.365. The molecule has 0 aliphatic rings. The second-order valence-electron chi connectivity index (χ2n) is 5.73. The zero-order valence-electron chi connectivity index (χ0n) is 11.2. The van der Waals surface area contributed by atoms with Crippen molar-refractivity contribution in [3.63, 3.8) is 0 Å². The largest absolute Gasteiger partial charge is 0.441 e. The molecule has 1 heterocycles. The van der Waals surface area contributed by atoms with Crippen LogP contribution in [0.25, 0.3) is 11.4 Å². The average Bonchev–Trinajstić information content (AvgIpc) is 2.60. The van der Waals surface area contributed by atoms with Crippen LogP contribution in [0.4, 0.5) is 0 Å². The van der Waals surface area contributed by atoms with Crippen molar-refractivity contribution in [3.05, 3.63) is 40.4 Å². The van der Waals surface area contributed by atoms with E-state index in [2.05, 4.69) is 24.8 Å². The maximum absolute atomic E-state index is 11.8. The molecule has 2 aromatic rings. The summed E-state index contributed by atoms with van der Waals surface area (Å²) < 4.78 is 6.49. The first-order chi connectivity index (χ1) is 8.38. The molecule has 4 nitrogen and oxygen atoms in total. The van der Waals surface area contributed by atoms with Crippen molar-refractivity contribution in [3.8, 4) is 11.4 Å². The van der Waals surface area contributed by atoms with Gasteiger partial charge in [0.2, 0.25) is 0 Å². The summed E-state index contributed by atoms with van der Waals surface area (Å²) in [6, 6.07) is 7.89. The van der Waals surface area contributed by atoms with E-state index in [1.807, 2.05) is 31.2 Å². The van der Waals surface area contributed by atoms with Gasteiger partial charge in [-0.2, -0.15) is 0 Å². The Labute approximate surface area is 107 Å². The van der Waals surface area contributed by atoms with Gasteiger partial charge < -0.3 is 0 Å². The molecule has 0 N–H and O–H groups in total. The van der Waals surface area contributed by atoms with Crippen LogP contribution in [0.2, 0.25) is 19.6 Å². The van der Waals surface area contributed by atoms with Gasteiger partial charge in [0.1, 0.15) is 0 Å². The Kier molecular flexibility index (Phi) is 3.25. The number of rotatable bonds is 3. The third-order valence-electron chi connectivity index (χ3n) is 2.70. The van der Waals surface area contributed by atoms with Gasteiger partial charge in [0.05, 0.1) is 8.07 Å². The van der Waals surface area contributed by atoms with Crippen molar-refractivity contribution in [1.82, 2.24) is 9.72 Å². The van der Waals surface area contributed by atoms with E-state index in [9.17, 15) is 4.79 Å². The molecule has 1 aromatic carbocycles. The number of hydrogen-bond donors (Lipinski definition) is 0. The second-order valence-corrected chi connectivity index (χ2v) is 11.2. The number of aromatic nitrogens is 2. The summed E-state index contributed by atoms with van der Waals surface area (Å²) in [5.74, 6) is 0.274. The summed E-state index contributed by atoms with van der Waals surface area (Å²) in [6.45, 7) is 8.66. The number of hydrogen-bond acceptors (Lipinski definition) is 3. The van der Waals surface area contributed by atoms with Gasteiger partial charge in [-0.25, -0.2) is 4.79 Å². The van der Waals surface area contributed by atoms with E-state index in [4.69, 9.17) is 4.52 Å². The van der Waals surface area contributed by atoms with Crippen molar-refractivity contribution >= 4 is 8.07 Å². The lowest BCUT2D eigenvalue weighted by Crippen LogP contribution is -2.33. The SMILES string of the molecule is Cc1ccccc1-c1noc(=O)n1C[Si](C)(C)C. The molecule has 2 rings (SSSR count). The van der Waals surface area contributed by atoms with Crippen LogP contribution in [-0.4, -0.2) is 17.8 Å². The molecule has 0 spiro atoms. The zero-order chi connectivity index (χ0) is 13.3. The molecule has 0 aliphatic heterocycles. The normalized spacial score (nSPS) is 11.8. The number of nitrogens with zero attached hydrogens (tertiary/aromatic N) is 2. The fourth-order valence-electron chi connectivity index (χ4n) is 1.90. The van der Waals surface area contributed by atoms with Gasteiger partial charge in [-0.1, -0.05) is 49.1 Å². The van der Waals surface area contributed by atoms with Gasteiger partial charge in [0.15, 0.2) is 5.82 Å². The van der Waals surface area contributed by atoms with E-state index in [-0.39, 0.29) is 5.76 Å². The van der Waals surface area contributed by atoms with Crippen molar-refractivity contribution in [2.45, 2.75) is 32.7 Å². The van der Waals surface area contributed by atoms with Crippen LogP contribution in [-0.2, 0) is 6.17 Å². The van der Waals surface area contributed by atoms with Crippen LogP contribution < -0.4 is 5.76 Å². The minimum atomic E-state index is -1.41. The molecule has 1 aromatic heterocycles. The number of benzene rings is 1. The van der Waals surface area contributed by atoms with Crippen LogP contribution in [0.1, 0.15) is 5.56 Å². The standard InChI is InChI=1S/C13H18N2O2Si/c1-10-7-5-6-8-11(10)12-14-17-13(16)15(12)9-18(2,3)4/h5-8H,9H2,1-4H3. The second kappa shape index (κ2) is 4.57. The van der Waals surface area contributed by atoms with E-state index in [1.165, 1.54) is 0 Å². The maximum atomic E-state index is 11.8. The fraction of sp³-hybridized carbons (Fsp3) is 0.385. The lowest BCUT2D eigenvalue weighted by atomic mass is 10.1. The third kappa shape index (κ3) is 2.61. The summed E-state index contributed by atoms with van der Waals surface area (Å²) >= 11 is 0. The van der Waals surface area contributed by atoms with Crippen LogP contribution in [0, 0.1) is 6.92 Å². The molecular formula is C13H18N2O2Si. The fourth-order valence-corrected chi connectivity index (χ4v) is 3.13. The first-order valence-electron chi connectivity index (χ1n) is 6.01. The molecule has 0 amide bonds. The highest BCUT2D eigenvalue weighted by atomic mass is 28.3. The van der Waals surface area contributed by atoms with E-state index in [0.717, 1.165) is 17.3 Å². The van der Waals surface area contributed by atoms with Crippen LogP contribution >= 0.6 is 0 Å². The summed E-state index contributed by atoms with van der Waals surface area (Å²) in [5, 5.41) is 3.93. The van der Waals surface area contributed by atoms with Crippen LogP contribution in [0.3, 0.4) is 0 Å². The van der Waals surface area contributed by atoms with Gasteiger partial charge >= 0.3 is 5.76 Å². The Bertz CT molecular complexity index is 608. The van der Waals surface area contributed by atoms with Crippen LogP contribution in [0.15, 0.2) is 33.6 Å². The average molecular weight is 262 g/mol. The molecule has 0 saturated carbocycles. The first-order valence-corrected chi connectivity index (χ1v) is 9.72. The zero-order valence-corrected chi connectivity index (χ0v) is 12.2. The highest BCUT2D eigenvalue weighted by molar-refractivity contribution is 6.75. The Hall–Kier alpha value is -1.62. The monoisotopic (exact) mass is 262 g/mol. The topological polar surface area (TPSA) is 48.0 Å². The molecule has 0 unspecified atom stereocenters. The predicted molar refractivity (Wildman–Crippen MR) is 74.3 cm³/mol. The molecule has 96 valence electrons. The highest BCUT2D eigenvalue weighted by Crippen LogP contribution is 2.21. The van der Waals surface area contributed by atoms with Crippen molar-refractivity contribution < 1.29 is 4.52 Å². The van der Waals surface area contributed by atoms with Gasteiger partial charge in [-0.3, -0.25) is 9.09 Å². The quantitative estimate of drug-likeness (QED) is 0.799. The van der Waals surface area contributed by atoms with Gasteiger partial charge in [0, 0.05) is 11.7 Å². The van der Waals surface area contributed by atoms with Crippen LogP contribution in [0.5, 0.6) is 0 Å². The van der Waals surface area contributed by atoms with E-state index < -0.39 is 8.07 Å². The van der Waals surface area contributed by atoms with Gasteiger partial charge in [-0.15, -0.1) is 0 Å². The molecule has 0 saturated heterocycles. The predicted octanol–water partition coefficient (Wildman–Crippen LogP) is 2.69. The molecular weight excluding hydrogens is 244 g/mol. The van der Waals surface area contributed by atoms with E-state index in [0.29, 0.717) is 5.82 Å². The van der Waals surface area contributed by atoms with E-state index >= 15 is 0 Å². The Morgan fingerprint density at radius 3 is 2.56 bits per heavy atom. The van der Waals surface area contributed by atoms with Crippen molar-refractivity contribution in [2.24, 2.45) is 0 Å². The smallest absolute Gasteiger partial charge is 0.295 e. The minimum Gasteiger partial charge on any atom is -0.295 e. The Balaban J connectivity index is 2.54. The van der Waals surface area contributed by atoms with Crippen molar-refractivity contribution in [2.75, 3.05) is 0 Å². The molecule has 5 heteroatoms. The van der Waals surface area contributed by atoms with Gasteiger partial charge in [-0.05, 0) is 12.5 Å². The maximum Gasteiger partial charge on any atom is 0.441 e. The summed E-state index contributed by atoms with van der Waals surface area (Å²) in [6.07, 6.45) is 0.721. The molecule has 0 aliphatic carbocycles. The molecule has 0 bridgehead atoms.